The number of rotatable bonds is 4. The Hall–Kier alpha value is -0.570. The van der Waals surface area contributed by atoms with Gasteiger partial charge in [0.05, 0.1) is 0 Å². The van der Waals surface area contributed by atoms with E-state index in [1.165, 1.54) is 19.3 Å². The Balaban J connectivity index is 2.54. The number of hydrogen-bond donors (Lipinski definition) is 1. The van der Waals surface area contributed by atoms with Crippen molar-refractivity contribution in [2.75, 3.05) is 7.11 Å². The summed E-state index contributed by atoms with van der Waals surface area (Å²) in [5.41, 5.74) is -0.713. The molecule has 0 aromatic heterocycles. The Bertz CT molecular complexity index is 238. The van der Waals surface area contributed by atoms with E-state index < -0.39 is 5.60 Å². The minimum absolute atomic E-state index is 0.0142. The van der Waals surface area contributed by atoms with Crippen molar-refractivity contribution in [3.63, 3.8) is 0 Å². The van der Waals surface area contributed by atoms with Crippen LogP contribution < -0.4 is 5.32 Å². The summed E-state index contributed by atoms with van der Waals surface area (Å²) in [5.74, 6) is 0.658. The van der Waals surface area contributed by atoms with Crippen LogP contribution in [0.25, 0.3) is 0 Å². The lowest BCUT2D eigenvalue weighted by Crippen LogP contribution is -2.50. The Labute approximate surface area is 98.9 Å². The monoisotopic (exact) mass is 227 g/mol. The Morgan fingerprint density at radius 2 is 2.00 bits per heavy atom. The lowest BCUT2D eigenvalue weighted by Gasteiger charge is -2.34. The highest BCUT2D eigenvalue weighted by molar-refractivity contribution is 5.84. The fourth-order valence-electron chi connectivity index (χ4n) is 2.32. The van der Waals surface area contributed by atoms with Crippen molar-refractivity contribution in [1.29, 1.82) is 0 Å². The molecule has 1 amide bonds. The molecule has 0 heterocycles. The minimum Gasteiger partial charge on any atom is -0.369 e. The fraction of sp³-hybridized carbons (Fsp3) is 0.923. The number of carbonyl (C=O) groups excluding carboxylic acids is 1. The highest BCUT2D eigenvalue weighted by Gasteiger charge is 2.32. The molecule has 0 aromatic carbocycles. The van der Waals surface area contributed by atoms with Gasteiger partial charge in [0, 0.05) is 13.2 Å². The van der Waals surface area contributed by atoms with Crippen LogP contribution in [0.5, 0.6) is 0 Å². The van der Waals surface area contributed by atoms with Crippen LogP contribution in [-0.2, 0) is 9.53 Å². The molecule has 0 saturated heterocycles. The summed E-state index contributed by atoms with van der Waals surface area (Å²) in [4.78, 5) is 12.0. The molecule has 0 aromatic rings. The molecule has 0 radical (unpaired) electrons. The van der Waals surface area contributed by atoms with Crippen molar-refractivity contribution in [2.24, 2.45) is 5.92 Å². The van der Waals surface area contributed by atoms with E-state index in [2.05, 4.69) is 12.2 Å². The van der Waals surface area contributed by atoms with Crippen molar-refractivity contribution in [3.05, 3.63) is 0 Å². The van der Waals surface area contributed by atoms with Gasteiger partial charge in [0.15, 0.2) is 0 Å². The molecule has 1 aliphatic rings. The molecule has 3 heteroatoms. The normalized spacial score (nSPS) is 26.5. The number of nitrogens with one attached hydrogen (secondary N) is 1. The summed E-state index contributed by atoms with van der Waals surface area (Å²) in [5, 5.41) is 3.15. The van der Waals surface area contributed by atoms with Crippen molar-refractivity contribution >= 4 is 5.91 Å². The first-order valence-corrected chi connectivity index (χ1v) is 6.37. The van der Waals surface area contributed by atoms with Crippen LogP contribution in [-0.4, -0.2) is 24.7 Å². The van der Waals surface area contributed by atoms with E-state index in [1.807, 2.05) is 13.8 Å². The molecule has 0 spiro atoms. The van der Waals surface area contributed by atoms with Crippen molar-refractivity contribution in [2.45, 2.75) is 64.5 Å². The van der Waals surface area contributed by atoms with Gasteiger partial charge in [-0.25, -0.2) is 0 Å². The van der Waals surface area contributed by atoms with E-state index in [4.69, 9.17) is 4.74 Å². The number of carbonyl (C=O) groups is 1. The van der Waals surface area contributed by atoms with Crippen LogP contribution in [0.3, 0.4) is 0 Å². The summed E-state index contributed by atoms with van der Waals surface area (Å²) in [6.07, 6.45) is 6.05. The Kier molecular flexibility index (Phi) is 4.78. The highest BCUT2D eigenvalue weighted by atomic mass is 16.5. The van der Waals surface area contributed by atoms with Crippen LogP contribution >= 0.6 is 0 Å². The molecular formula is C13H25NO2. The third-order valence-corrected chi connectivity index (χ3v) is 3.81. The summed E-state index contributed by atoms with van der Waals surface area (Å²) in [7, 11) is 1.58. The van der Waals surface area contributed by atoms with E-state index in [9.17, 15) is 4.79 Å². The molecule has 2 atom stereocenters. The molecule has 1 fully saturated rings. The molecule has 94 valence electrons. The summed E-state index contributed by atoms with van der Waals surface area (Å²) in [6.45, 7) is 5.83. The van der Waals surface area contributed by atoms with Crippen LogP contribution in [0.4, 0.5) is 0 Å². The summed E-state index contributed by atoms with van der Waals surface area (Å²) >= 11 is 0. The van der Waals surface area contributed by atoms with E-state index in [-0.39, 0.29) is 5.91 Å². The van der Waals surface area contributed by atoms with Crippen LogP contribution in [0.1, 0.15) is 52.9 Å². The Morgan fingerprint density at radius 3 is 2.56 bits per heavy atom. The number of methoxy groups -OCH3 is 1. The van der Waals surface area contributed by atoms with Gasteiger partial charge in [-0.15, -0.1) is 0 Å². The van der Waals surface area contributed by atoms with Gasteiger partial charge in [-0.3, -0.25) is 4.79 Å². The zero-order valence-electron chi connectivity index (χ0n) is 11.0. The first-order chi connectivity index (χ1) is 7.51. The van der Waals surface area contributed by atoms with Crippen LogP contribution in [0, 0.1) is 5.92 Å². The standard InChI is InChI=1S/C13H25NO2/c1-5-10-8-6-7-9-11(10)14-12(15)13(2,3)16-4/h10-11H,5-9H2,1-4H3,(H,14,15). The minimum atomic E-state index is -0.713. The molecule has 2 unspecified atom stereocenters. The van der Waals surface area contributed by atoms with Crippen LogP contribution in [0.2, 0.25) is 0 Å². The quantitative estimate of drug-likeness (QED) is 0.801. The van der Waals surface area contributed by atoms with Crippen molar-refractivity contribution < 1.29 is 9.53 Å². The zero-order chi connectivity index (χ0) is 12.2. The Morgan fingerprint density at radius 1 is 1.38 bits per heavy atom. The van der Waals surface area contributed by atoms with Crippen LogP contribution in [0.15, 0.2) is 0 Å². The van der Waals surface area contributed by atoms with Gasteiger partial charge in [-0.1, -0.05) is 26.2 Å². The lowest BCUT2D eigenvalue weighted by molar-refractivity contribution is -0.140. The molecule has 0 bridgehead atoms. The number of ether oxygens (including phenoxy) is 1. The van der Waals surface area contributed by atoms with Gasteiger partial charge in [-0.05, 0) is 32.6 Å². The molecule has 1 aliphatic carbocycles. The van der Waals surface area contributed by atoms with Gasteiger partial charge < -0.3 is 10.1 Å². The second kappa shape index (κ2) is 5.67. The zero-order valence-corrected chi connectivity index (χ0v) is 11.0. The SMILES string of the molecule is CCC1CCCCC1NC(=O)C(C)(C)OC. The third-order valence-electron chi connectivity index (χ3n) is 3.81. The van der Waals surface area contributed by atoms with Gasteiger partial charge in [0.2, 0.25) is 0 Å². The van der Waals surface area contributed by atoms with E-state index >= 15 is 0 Å². The smallest absolute Gasteiger partial charge is 0.251 e. The maximum absolute atomic E-state index is 12.0. The van der Waals surface area contributed by atoms with Crippen molar-refractivity contribution in [1.82, 2.24) is 5.32 Å². The highest BCUT2D eigenvalue weighted by Crippen LogP contribution is 2.27. The first-order valence-electron chi connectivity index (χ1n) is 6.37. The topological polar surface area (TPSA) is 38.3 Å². The fourth-order valence-corrected chi connectivity index (χ4v) is 2.32. The molecule has 0 aliphatic heterocycles. The molecular weight excluding hydrogens is 202 g/mol. The van der Waals surface area contributed by atoms with E-state index in [0.717, 1.165) is 12.8 Å². The van der Waals surface area contributed by atoms with Gasteiger partial charge in [0.25, 0.3) is 5.91 Å². The molecule has 1 rings (SSSR count). The van der Waals surface area contributed by atoms with E-state index in [1.54, 1.807) is 7.11 Å². The third kappa shape index (κ3) is 3.21. The average Bonchev–Trinajstić information content (AvgIpc) is 2.29. The molecule has 3 nitrogen and oxygen atoms in total. The summed E-state index contributed by atoms with van der Waals surface area (Å²) < 4.78 is 5.20. The molecule has 1 saturated carbocycles. The maximum atomic E-state index is 12.0. The first kappa shape index (κ1) is 13.5. The van der Waals surface area contributed by atoms with E-state index in [0.29, 0.717) is 12.0 Å². The number of hydrogen-bond acceptors (Lipinski definition) is 2. The molecule has 1 N–H and O–H groups in total. The van der Waals surface area contributed by atoms with Gasteiger partial charge in [0.1, 0.15) is 5.60 Å². The second-order valence-electron chi connectivity index (χ2n) is 5.25. The predicted molar refractivity (Wildman–Crippen MR) is 65.3 cm³/mol. The van der Waals surface area contributed by atoms with Gasteiger partial charge in [-0.2, -0.15) is 0 Å². The van der Waals surface area contributed by atoms with Crippen molar-refractivity contribution in [3.8, 4) is 0 Å². The van der Waals surface area contributed by atoms with Gasteiger partial charge >= 0.3 is 0 Å². The average molecular weight is 227 g/mol. The largest absolute Gasteiger partial charge is 0.369 e. The maximum Gasteiger partial charge on any atom is 0.251 e. The molecule has 16 heavy (non-hydrogen) atoms. The predicted octanol–water partition coefficient (Wildman–Crippen LogP) is 2.50. The lowest BCUT2D eigenvalue weighted by atomic mass is 9.82. The number of amides is 1. The second-order valence-corrected chi connectivity index (χ2v) is 5.25. The summed E-state index contributed by atoms with van der Waals surface area (Å²) in [6, 6.07) is 0.348.